The molecule has 0 heterocycles. The second-order valence-electron chi connectivity index (χ2n) is 9.68. The van der Waals surface area contributed by atoms with E-state index in [0.29, 0.717) is 11.4 Å². The van der Waals surface area contributed by atoms with Gasteiger partial charge in [0.15, 0.2) is 0 Å². The van der Waals surface area contributed by atoms with Crippen molar-refractivity contribution in [2.75, 3.05) is 15.4 Å². The van der Waals surface area contributed by atoms with Crippen molar-refractivity contribution in [3.63, 3.8) is 0 Å². The van der Waals surface area contributed by atoms with E-state index in [0.717, 1.165) is 23.4 Å². The summed E-state index contributed by atoms with van der Waals surface area (Å²) in [5.74, 6) is 2.23. The fourth-order valence-corrected chi connectivity index (χ4v) is 7.43. The van der Waals surface area contributed by atoms with Gasteiger partial charge in [0.05, 0.1) is 16.3 Å². The van der Waals surface area contributed by atoms with Crippen LogP contribution in [-0.4, -0.2) is 19.9 Å². The summed E-state index contributed by atoms with van der Waals surface area (Å²) in [4.78, 5) is 11.3. The van der Waals surface area contributed by atoms with E-state index in [2.05, 4.69) is 15.4 Å². The van der Waals surface area contributed by atoms with Crippen molar-refractivity contribution in [3.8, 4) is 0 Å². The molecule has 0 radical (unpaired) electrons. The predicted molar refractivity (Wildman–Crippen MR) is 123 cm³/mol. The van der Waals surface area contributed by atoms with Gasteiger partial charge in [0, 0.05) is 18.2 Å². The molecule has 2 aromatic rings. The van der Waals surface area contributed by atoms with E-state index in [1.165, 1.54) is 57.6 Å². The Labute approximate surface area is 183 Å². The average molecular weight is 440 g/mol. The summed E-state index contributed by atoms with van der Waals surface area (Å²) in [7, 11) is -3.75. The summed E-state index contributed by atoms with van der Waals surface area (Å²) < 4.78 is 28.8. The molecule has 0 aliphatic heterocycles. The Hall–Kier alpha value is -2.54. The summed E-state index contributed by atoms with van der Waals surface area (Å²) in [6, 6.07) is 13.8. The highest BCUT2D eigenvalue weighted by molar-refractivity contribution is 7.92. The first kappa shape index (κ1) is 20.4. The van der Waals surface area contributed by atoms with Crippen molar-refractivity contribution >= 4 is 33.0 Å². The predicted octanol–water partition coefficient (Wildman–Crippen LogP) is 4.83. The first-order valence-corrected chi connectivity index (χ1v) is 12.6. The highest BCUT2D eigenvalue weighted by Crippen LogP contribution is 2.56. The van der Waals surface area contributed by atoms with Crippen LogP contribution in [0.4, 0.5) is 17.1 Å². The maximum Gasteiger partial charge on any atom is 0.261 e. The lowest BCUT2D eigenvalue weighted by Crippen LogP contribution is -2.54. The minimum atomic E-state index is -3.75. The molecule has 1 amide bonds. The molecule has 3 N–H and O–H groups in total. The molecule has 4 saturated carbocycles. The van der Waals surface area contributed by atoms with Gasteiger partial charge in [-0.1, -0.05) is 12.1 Å². The Morgan fingerprint density at radius 2 is 1.42 bits per heavy atom. The Morgan fingerprint density at radius 1 is 0.871 bits per heavy atom. The topological polar surface area (TPSA) is 87.3 Å². The summed E-state index contributed by atoms with van der Waals surface area (Å²) in [5.41, 5.74) is 2.08. The number of hydrogen-bond donors (Lipinski definition) is 3. The molecular formula is C24H29N3O3S. The van der Waals surface area contributed by atoms with E-state index >= 15 is 0 Å². The van der Waals surface area contributed by atoms with Crippen LogP contribution in [0.1, 0.15) is 45.4 Å². The van der Waals surface area contributed by atoms with Crippen LogP contribution in [-0.2, 0) is 14.8 Å². The molecule has 7 heteroatoms. The Balaban J connectivity index is 1.36. The lowest BCUT2D eigenvalue weighted by atomic mass is 9.53. The first-order chi connectivity index (χ1) is 14.8. The number of rotatable bonds is 6. The van der Waals surface area contributed by atoms with Crippen LogP contribution in [0.3, 0.4) is 0 Å². The lowest BCUT2D eigenvalue weighted by Gasteiger charge is -2.57. The zero-order chi connectivity index (χ0) is 21.6. The molecule has 0 atom stereocenters. The Morgan fingerprint density at radius 3 is 1.97 bits per heavy atom. The van der Waals surface area contributed by atoms with Crippen LogP contribution < -0.4 is 15.4 Å². The molecule has 31 heavy (non-hydrogen) atoms. The van der Waals surface area contributed by atoms with Gasteiger partial charge < -0.3 is 10.6 Å². The quantitative estimate of drug-likeness (QED) is 0.602. The van der Waals surface area contributed by atoms with E-state index in [1.54, 1.807) is 12.1 Å². The second kappa shape index (κ2) is 7.55. The number of carbonyl (C=O) groups excluding carboxylic acids is 1. The monoisotopic (exact) mass is 439 g/mol. The van der Waals surface area contributed by atoms with Gasteiger partial charge in [0.1, 0.15) is 0 Å². The third-order valence-corrected chi connectivity index (χ3v) is 8.48. The van der Waals surface area contributed by atoms with E-state index < -0.39 is 10.0 Å². The molecule has 4 aliphatic rings. The maximum absolute atomic E-state index is 13.0. The second-order valence-corrected chi connectivity index (χ2v) is 11.4. The number of hydrogen-bond acceptors (Lipinski definition) is 4. The average Bonchev–Trinajstić information content (AvgIpc) is 2.68. The molecule has 6 rings (SSSR count). The van der Waals surface area contributed by atoms with Crippen LogP contribution in [0.2, 0.25) is 0 Å². The number of amides is 1. The molecule has 0 unspecified atom stereocenters. The normalized spacial score (nSPS) is 28.9. The molecule has 0 spiro atoms. The molecule has 2 aromatic carbocycles. The molecule has 164 valence electrons. The molecule has 4 fully saturated rings. The van der Waals surface area contributed by atoms with Crippen molar-refractivity contribution in [2.45, 2.75) is 55.9 Å². The Kier molecular flexibility index (Phi) is 4.96. The van der Waals surface area contributed by atoms with Crippen LogP contribution in [0.5, 0.6) is 0 Å². The molecule has 4 bridgehead atoms. The first-order valence-electron chi connectivity index (χ1n) is 11.1. The molecule has 6 nitrogen and oxygen atoms in total. The zero-order valence-corrected chi connectivity index (χ0v) is 18.5. The maximum atomic E-state index is 13.0. The SMILES string of the molecule is CC(=O)Nc1ccc(S(=O)(=O)Nc2ccccc2NC23CC4CC(CC(C4)C2)C3)cc1. The van der Waals surface area contributed by atoms with Crippen molar-refractivity contribution in [3.05, 3.63) is 48.5 Å². The van der Waals surface area contributed by atoms with Crippen LogP contribution in [0, 0.1) is 17.8 Å². The van der Waals surface area contributed by atoms with Crippen molar-refractivity contribution in [2.24, 2.45) is 17.8 Å². The largest absolute Gasteiger partial charge is 0.378 e. The fraction of sp³-hybridized carbons (Fsp3) is 0.458. The number of nitrogens with one attached hydrogen (secondary N) is 3. The Bertz CT molecular complexity index is 1060. The van der Waals surface area contributed by atoms with E-state index in [9.17, 15) is 13.2 Å². The zero-order valence-electron chi connectivity index (χ0n) is 17.7. The van der Waals surface area contributed by atoms with Gasteiger partial charge in [0.2, 0.25) is 5.91 Å². The molecule has 4 aliphatic carbocycles. The summed E-state index contributed by atoms with van der Waals surface area (Å²) in [6.07, 6.45) is 7.65. The lowest BCUT2D eigenvalue weighted by molar-refractivity contribution is -0.114. The number of benzene rings is 2. The van der Waals surface area contributed by atoms with Gasteiger partial charge in [-0.05, 0) is 92.7 Å². The highest BCUT2D eigenvalue weighted by atomic mass is 32.2. The minimum Gasteiger partial charge on any atom is -0.378 e. The van der Waals surface area contributed by atoms with Gasteiger partial charge in [-0.25, -0.2) is 8.42 Å². The third kappa shape index (κ3) is 4.15. The van der Waals surface area contributed by atoms with Crippen LogP contribution >= 0.6 is 0 Å². The number of carbonyl (C=O) groups is 1. The number of sulfonamides is 1. The van der Waals surface area contributed by atoms with Gasteiger partial charge in [0.25, 0.3) is 10.0 Å². The molecule has 0 aromatic heterocycles. The van der Waals surface area contributed by atoms with E-state index in [4.69, 9.17) is 0 Å². The summed E-state index contributed by atoms with van der Waals surface area (Å²) in [5, 5.41) is 6.44. The van der Waals surface area contributed by atoms with Crippen molar-refractivity contribution in [1.82, 2.24) is 0 Å². The van der Waals surface area contributed by atoms with Gasteiger partial charge in [-0.2, -0.15) is 0 Å². The standard InChI is InChI=1S/C24H29N3O3S/c1-16(28)25-20-6-8-21(9-7-20)31(29,30)27-23-5-3-2-4-22(23)26-24-13-17-10-18(14-24)12-19(11-17)15-24/h2-9,17-19,26-27H,10-15H2,1H3,(H,25,28). The fourth-order valence-electron chi connectivity index (χ4n) is 6.35. The van der Waals surface area contributed by atoms with Gasteiger partial charge in [-0.3, -0.25) is 9.52 Å². The van der Waals surface area contributed by atoms with Gasteiger partial charge in [-0.15, -0.1) is 0 Å². The molecule has 0 saturated heterocycles. The smallest absolute Gasteiger partial charge is 0.261 e. The number of anilines is 3. The van der Waals surface area contributed by atoms with Crippen LogP contribution in [0.25, 0.3) is 0 Å². The highest BCUT2D eigenvalue weighted by Gasteiger charge is 2.51. The van der Waals surface area contributed by atoms with Crippen LogP contribution in [0.15, 0.2) is 53.4 Å². The van der Waals surface area contributed by atoms with E-state index in [1.807, 2.05) is 24.3 Å². The third-order valence-electron chi connectivity index (χ3n) is 7.09. The minimum absolute atomic E-state index is 0.0936. The van der Waals surface area contributed by atoms with Gasteiger partial charge >= 0.3 is 0 Å². The summed E-state index contributed by atoms with van der Waals surface area (Å²) >= 11 is 0. The number of para-hydroxylation sites is 2. The summed E-state index contributed by atoms with van der Waals surface area (Å²) in [6.45, 7) is 1.42. The van der Waals surface area contributed by atoms with E-state index in [-0.39, 0.29) is 16.3 Å². The molecular weight excluding hydrogens is 410 g/mol. The van der Waals surface area contributed by atoms with Crippen molar-refractivity contribution in [1.29, 1.82) is 0 Å². The van der Waals surface area contributed by atoms with Crippen molar-refractivity contribution < 1.29 is 13.2 Å².